The molecule has 25 heavy (non-hydrogen) atoms. The first kappa shape index (κ1) is 19.4. The van der Waals surface area contributed by atoms with Crippen molar-refractivity contribution in [3.8, 4) is 0 Å². The van der Waals surface area contributed by atoms with Gasteiger partial charge in [-0.15, -0.1) is 0 Å². The van der Waals surface area contributed by atoms with Crippen LogP contribution in [0.2, 0.25) is 0 Å². The van der Waals surface area contributed by atoms with E-state index in [4.69, 9.17) is 10.5 Å². The van der Waals surface area contributed by atoms with Crippen molar-refractivity contribution in [2.45, 2.75) is 39.7 Å². The molecule has 4 N–H and O–H groups in total. The summed E-state index contributed by atoms with van der Waals surface area (Å²) in [6.07, 6.45) is 0.302. The Hall–Kier alpha value is -1.93. The molecule has 0 saturated heterocycles. The maximum absolute atomic E-state index is 12.5. The number of amides is 3. The molecule has 3 amide bonds. The van der Waals surface area contributed by atoms with Gasteiger partial charge in [0.05, 0.1) is 5.69 Å². The predicted octanol–water partition coefficient (Wildman–Crippen LogP) is 3.02. The number of benzene rings is 1. The van der Waals surface area contributed by atoms with Crippen molar-refractivity contribution in [3.05, 3.63) is 23.3 Å². The van der Waals surface area contributed by atoms with E-state index in [0.717, 1.165) is 16.8 Å². The molecule has 1 aliphatic heterocycles. The highest BCUT2D eigenvalue weighted by Crippen LogP contribution is 2.37. The van der Waals surface area contributed by atoms with Gasteiger partial charge in [0.25, 0.3) is 0 Å². The molecule has 0 radical (unpaired) electrons. The summed E-state index contributed by atoms with van der Waals surface area (Å²) in [5.74, 6) is 0.645. The Balaban J connectivity index is 2.17. The molecule has 1 aliphatic rings. The van der Waals surface area contributed by atoms with Crippen LogP contribution in [0, 0.1) is 6.92 Å². The summed E-state index contributed by atoms with van der Waals surface area (Å²) < 4.78 is 8.18. The van der Waals surface area contributed by atoms with Gasteiger partial charge in [-0.25, -0.2) is 9.59 Å². The average Bonchev–Trinajstić information content (AvgIpc) is 2.95. The first-order chi connectivity index (χ1) is 11.7. The largest absolute Gasteiger partial charge is 0.443 e. The fraction of sp³-hybridized carbons (Fsp3) is 0.529. The van der Waals surface area contributed by atoms with Crippen molar-refractivity contribution in [2.24, 2.45) is 5.73 Å². The molecule has 0 aromatic heterocycles. The Morgan fingerprint density at radius 3 is 2.72 bits per heavy atom. The highest BCUT2D eigenvalue weighted by Gasteiger charge is 2.31. The number of aryl methyl sites for hydroxylation is 1. The molecule has 0 unspecified atom stereocenters. The second kappa shape index (κ2) is 7.97. The highest BCUT2D eigenvalue weighted by atomic mass is 32.2. The molecule has 0 spiro atoms. The molecule has 0 atom stereocenters. The fourth-order valence-electron chi connectivity index (χ4n) is 2.66. The lowest BCUT2D eigenvalue weighted by Crippen LogP contribution is -2.36. The maximum atomic E-state index is 12.5. The number of ether oxygens (including phenoxy) is 1. The van der Waals surface area contributed by atoms with Crippen molar-refractivity contribution in [1.29, 1.82) is 0 Å². The van der Waals surface area contributed by atoms with Crippen LogP contribution in [0.5, 0.6) is 0 Å². The fourth-order valence-corrected chi connectivity index (χ4v) is 3.06. The van der Waals surface area contributed by atoms with Gasteiger partial charge in [-0.3, -0.25) is 9.62 Å². The third-order valence-electron chi connectivity index (χ3n) is 3.59. The van der Waals surface area contributed by atoms with E-state index in [1.165, 1.54) is 11.9 Å². The normalized spacial score (nSPS) is 13.4. The quantitative estimate of drug-likeness (QED) is 0.562. The van der Waals surface area contributed by atoms with Gasteiger partial charge in [0, 0.05) is 30.1 Å². The number of anilines is 2. The average molecular weight is 366 g/mol. The number of carbonyl (C=O) groups excluding carboxylic acids is 2. The predicted molar refractivity (Wildman–Crippen MR) is 102 cm³/mol. The Morgan fingerprint density at radius 1 is 1.36 bits per heavy atom. The Morgan fingerprint density at radius 2 is 2.08 bits per heavy atom. The second-order valence-corrected chi connectivity index (χ2v) is 7.73. The molecule has 2 rings (SSSR count). The van der Waals surface area contributed by atoms with Crippen LogP contribution in [0.3, 0.4) is 0 Å². The number of urea groups is 1. The maximum Gasteiger partial charge on any atom is 0.414 e. The second-order valence-electron chi connectivity index (χ2n) is 6.83. The minimum atomic E-state index is -0.552. The lowest BCUT2D eigenvalue weighted by atomic mass is 10.1. The van der Waals surface area contributed by atoms with E-state index in [1.807, 2.05) is 39.8 Å². The van der Waals surface area contributed by atoms with E-state index in [-0.39, 0.29) is 12.1 Å². The number of fused-ring (bicyclic) bond motifs is 1. The Labute approximate surface area is 152 Å². The molecule has 8 heteroatoms. The summed E-state index contributed by atoms with van der Waals surface area (Å²) in [5, 5.41) is 2.85. The summed E-state index contributed by atoms with van der Waals surface area (Å²) >= 11 is 1.26. The minimum absolute atomic E-state index is 0.305. The van der Waals surface area contributed by atoms with Crippen LogP contribution in [0.25, 0.3) is 0 Å². The summed E-state index contributed by atoms with van der Waals surface area (Å²) in [7, 11) is 0. The van der Waals surface area contributed by atoms with Crippen LogP contribution in [-0.2, 0) is 11.2 Å². The molecule has 0 fully saturated rings. The zero-order valence-corrected chi connectivity index (χ0v) is 16.0. The molecular formula is C17H26N4O3S. The first-order valence-electron chi connectivity index (χ1n) is 8.25. The minimum Gasteiger partial charge on any atom is -0.443 e. The first-order valence-corrected chi connectivity index (χ1v) is 9.23. The van der Waals surface area contributed by atoms with Gasteiger partial charge >= 0.3 is 12.1 Å². The monoisotopic (exact) mass is 366 g/mol. The topological polar surface area (TPSA) is 96.7 Å². The van der Waals surface area contributed by atoms with Crippen molar-refractivity contribution in [3.63, 3.8) is 0 Å². The van der Waals surface area contributed by atoms with Crippen LogP contribution < -0.4 is 20.7 Å². The molecule has 0 aliphatic carbocycles. The van der Waals surface area contributed by atoms with Gasteiger partial charge in [0.15, 0.2) is 0 Å². The van der Waals surface area contributed by atoms with E-state index >= 15 is 0 Å². The standard InChI is InChI=1S/C17H26N4O3S/c1-11-5-6-13(19-15(22)20-25-10-8-18)12-7-9-21(14(11)12)16(23)24-17(2,3)4/h5-6H,7-10,18H2,1-4H3,(H2,19,20,22). The van der Waals surface area contributed by atoms with E-state index < -0.39 is 5.60 Å². The highest BCUT2D eigenvalue weighted by molar-refractivity contribution is 7.97. The van der Waals surface area contributed by atoms with Crippen LogP contribution >= 0.6 is 11.9 Å². The SMILES string of the molecule is Cc1ccc(NC(=O)NSCCN)c2c1N(C(=O)OC(C)(C)C)CC2. The number of nitrogens with one attached hydrogen (secondary N) is 2. The van der Waals surface area contributed by atoms with Crippen LogP contribution in [0.4, 0.5) is 21.0 Å². The molecule has 0 saturated carbocycles. The van der Waals surface area contributed by atoms with Crippen LogP contribution in [-0.4, -0.2) is 36.6 Å². The van der Waals surface area contributed by atoms with Gasteiger partial charge in [-0.1, -0.05) is 6.07 Å². The van der Waals surface area contributed by atoms with Gasteiger partial charge in [-0.2, -0.15) is 0 Å². The zero-order valence-electron chi connectivity index (χ0n) is 15.1. The number of hydrogen-bond donors (Lipinski definition) is 3. The molecule has 1 aromatic rings. The Bertz CT molecular complexity index is 658. The molecule has 1 heterocycles. The number of nitrogens with zero attached hydrogens (tertiary/aromatic N) is 1. The number of rotatable bonds is 4. The van der Waals surface area contributed by atoms with E-state index in [1.54, 1.807) is 4.90 Å². The van der Waals surface area contributed by atoms with Crippen LogP contribution in [0.1, 0.15) is 31.9 Å². The van der Waals surface area contributed by atoms with Gasteiger partial charge < -0.3 is 15.8 Å². The number of nitrogens with two attached hydrogens (primary N) is 1. The summed E-state index contributed by atoms with van der Waals surface area (Å²) in [6, 6.07) is 3.45. The lowest BCUT2D eigenvalue weighted by Gasteiger charge is -2.25. The van der Waals surface area contributed by atoms with E-state index in [0.29, 0.717) is 31.0 Å². The zero-order chi connectivity index (χ0) is 18.6. The molecule has 0 bridgehead atoms. The Kier molecular flexibility index (Phi) is 6.18. The van der Waals surface area contributed by atoms with Gasteiger partial charge in [0.2, 0.25) is 0 Å². The number of carbonyl (C=O) groups is 2. The molecule has 1 aromatic carbocycles. The lowest BCUT2D eigenvalue weighted by molar-refractivity contribution is 0.0583. The van der Waals surface area contributed by atoms with Crippen LogP contribution in [0.15, 0.2) is 12.1 Å². The smallest absolute Gasteiger partial charge is 0.414 e. The van der Waals surface area contributed by atoms with Crippen molar-refractivity contribution in [2.75, 3.05) is 29.1 Å². The van der Waals surface area contributed by atoms with E-state index in [2.05, 4.69) is 10.0 Å². The van der Waals surface area contributed by atoms with Gasteiger partial charge in [0.1, 0.15) is 5.60 Å². The van der Waals surface area contributed by atoms with Gasteiger partial charge in [-0.05, 0) is 57.7 Å². The third kappa shape index (κ3) is 5.02. The molecular weight excluding hydrogens is 340 g/mol. The summed E-state index contributed by atoms with van der Waals surface area (Å²) in [4.78, 5) is 26.1. The van der Waals surface area contributed by atoms with Crippen molar-refractivity contribution in [1.82, 2.24) is 4.72 Å². The summed E-state index contributed by atoms with van der Waals surface area (Å²) in [5.41, 5.74) is 8.30. The number of hydrogen-bond acceptors (Lipinski definition) is 5. The van der Waals surface area contributed by atoms with Crippen molar-refractivity contribution >= 4 is 35.4 Å². The summed E-state index contributed by atoms with van der Waals surface area (Å²) in [6.45, 7) is 8.51. The molecule has 138 valence electrons. The van der Waals surface area contributed by atoms with Crippen molar-refractivity contribution < 1.29 is 14.3 Å². The molecule has 7 nitrogen and oxygen atoms in total. The van der Waals surface area contributed by atoms with E-state index in [9.17, 15) is 9.59 Å². The third-order valence-corrected chi connectivity index (χ3v) is 4.36.